The number of carboxylic acid groups (broad SMARTS) is 1. The number of aliphatic carboxylic acids is 1. The Morgan fingerprint density at radius 1 is 1.35 bits per heavy atom. The minimum absolute atomic E-state index is 0.209. The number of carboxylic acids is 1. The fraction of sp³-hybridized carbons (Fsp3) is 0.286. The van der Waals surface area contributed by atoms with Crippen molar-refractivity contribution in [2.24, 2.45) is 0 Å². The molecule has 0 radical (unpaired) electrons. The molecule has 17 heavy (non-hydrogen) atoms. The van der Waals surface area contributed by atoms with E-state index in [2.05, 4.69) is 11.8 Å². The average molecular weight is 225 g/mol. The Morgan fingerprint density at radius 2 is 2.00 bits per heavy atom. The van der Waals surface area contributed by atoms with E-state index < -0.39 is 11.4 Å². The lowest BCUT2D eigenvalue weighted by Gasteiger charge is -2.09. The quantitative estimate of drug-likeness (QED) is 0.784. The fourth-order valence-corrected chi connectivity index (χ4v) is 1.81. The van der Waals surface area contributed by atoms with Crippen LogP contribution >= 0.6 is 0 Å². The van der Waals surface area contributed by atoms with Crippen molar-refractivity contribution in [3.8, 4) is 17.9 Å². The van der Waals surface area contributed by atoms with Gasteiger partial charge in [0.1, 0.15) is 0 Å². The molecule has 1 N–H and O–H groups in total. The molecule has 0 aromatic heterocycles. The maximum atomic E-state index is 11.1. The van der Waals surface area contributed by atoms with Crippen LogP contribution in [0.1, 0.15) is 30.4 Å². The molecule has 1 aliphatic carbocycles. The topological polar surface area (TPSA) is 61.1 Å². The highest BCUT2D eigenvalue weighted by Gasteiger charge is 2.51. The molecule has 0 amide bonds. The molecule has 0 spiro atoms. The molecule has 1 aliphatic rings. The molecule has 3 heteroatoms. The number of benzene rings is 1. The van der Waals surface area contributed by atoms with Gasteiger partial charge in [-0.15, -0.1) is 0 Å². The number of hydrogen-bond donors (Lipinski definition) is 1. The zero-order chi connectivity index (χ0) is 12.3. The van der Waals surface area contributed by atoms with Crippen molar-refractivity contribution in [2.75, 3.05) is 0 Å². The van der Waals surface area contributed by atoms with Crippen molar-refractivity contribution in [3.63, 3.8) is 0 Å². The van der Waals surface area contributed by atoms with E-state index in [1.165, 1.54) is 0 Å². The molecule has 0 heterocycles. The largest absolute Gasteiger partial charge is 0.481 e. The maximum absolute atomic E-state index is 11.1. The molecule has 1 aromatic rings. The zero-order valence-corrected chi connectivity index (χ0v) is 9.23. The molecule has 1 aromatic carbocycles. The Balaban J connectivity index is 2.18. The third-order valence-electron chi connectivity index (χ3n) is 3.00. The standard InChI is InChI=1S/C14H11NO2/c15-10-2-1-3-11-4-6-12(7-5-11)14(8-9-14)13(16)17/h4-7H,2,8-9H2,(H,16,17). The number of nitrogens with zero attached hydrogens (tertiary/aromatic N) is 1. The van der Waals surface area contributed by atoms with Gasteiger partial charge in [0.15, 0.2) is 0 Å². The van der Waals surface area contributed by atoms with Gasteiger partial charge in [0, 0.05) is 5.56 Å². The maximum Gasteiger partial charge on any atom is 0.314 e. The van der Waals surface area contributed by atoms with Crippen LogP contribution in [0.25, 0.3) is 0 Å². The first-order valence-corrected chi connectivity index (χ1v) is 5.39. The van der Waals surface area contributed by atoms with Crippen LogP contribution in [0.2, 0.25) is 0 Å². The van der Waals surface area contributed by atoms with Crippen LogP contribution in [0.15, 0.2) is 24.3 Å². The lowest BCUT2D eigenvalue weighted by molar-refractivity contribution is -0.140. The summed E-state index contributed by atoms with van der Waals surface area (Å²) in [5, 5.41) is 17.5. The molecule has 2 rings (SSSR count). The lowest BCUT2D eigenvalue weighted by Crippen LogP contribution is -2.19. The van der Waals surface area contributed by atoms with Crippen LogP contribution in [0, 0.1) is 23.2 Å². The molecule has 84 valence electrons. The normalized spacial score (nSPS) is 15.2. The van der Waals surface area contributed by atoms with Crippen molar-refractivity contribution < 1.29 is 9.90 Å². The fourth-order valence-electron chi connectivity index (χ4n) is 1.81. The second kappa shape index (κ2) is 4.31. The lowest BCUT2D eigenvalue weighted by atomic mass is 9.95. The molecule has 1 fully saturated rings. The van der Waals surface area contributed by atoms with E-state index in [0.29, 0.717) is 12.8 Å². The second-order valence-corrected chi connectivity index (χ2v) is 4.10. The Bertz CT molecular complexity index is 536. The van der Waals surface area contributed by atoms with Gasteiger partial charge in [0.25, 0.3) is 0 Å². The Hall–Kier alpha value is -2.26. The molecule has 1 saturated carbocycles. The summed E-state index contributed by atoms with van der Waals surface area (Å²) in [7, 11) is 0. The highest BCUT2D eigenvalue weighted by Crippen LogP contribution is 2.48. The Kier molecular flexibility index (Phi) is 2.85. The third-order valence-corrected chi connectivity index (χ3v) is 3.00. The van der Waals surface area contributed by atoms with Crippen molar-refractivity contribution in [1.29, 1.82) is 5.26 Å². The van der Waals surface area contributed by atoms with E-state index in [1.807, 2.05) is 30.3 Å². The molecular formula is C14H11NO2. The highest BCUT2D eigenvalue weighted by atomic mass is 16.4. The van der Waals surface area contributed by atoms with E-state index in [4.69, 9.17) is 10.4 Å². The van der Waals surface area contributed by atoms with Gasteiger partial charge in [-0.1, -0.05) is 24.0 Å². The molecule has 0 aliphatic heterocycles. The second-order valence-electron chi connectivity index (χ2n) is 4.10. The van der Waals surface area contributed by atoms with Crippen LogP contribution in [0.4, 0.5) is 0 Å². The van der Waals surface area contributed by atoms with E-state index >= 15 is 0 Å². The summed E-state index contributed by atoms with van der Waals surface area (Å²) in [6.07, 6.45) is 1.63. The number of hydrogen-bond acceptors (Lipinski definition) is 2. The third kappa shape index (κ3) is 2.14. The summed E-state index contributed by atoms with van der Waals surface area (Å²) in [4.78, 5) is 11.1. The summed E-state index contributed by atoms with van der Waals surface area (Å²) in [5.74, 6) is 4.83. The summed E-state index contributed by atoms with van der Waals surface area (Å²) < 4.78 is 0. The molecule has 0 unspecified atom stereocenters. The van der Waals surface area contributed by atoms with Crippen molar-refractivity contribution in [3.05, 3.63) is 35.4 Å². The van der Waals surface area contributed by atoms with Crippen LogP contribution in [-0.4, -0.2) is 11.1 Å². The number of rotatable bonds is 2. The van der Waals surface area contributed by atoms with Gasteiger partial charge in [-0.3, -0.25) is 4.79 Å². The van der Waals surface area contributed by atoms with Gasteiger partial charge in [0.2, 0.25) is 0 Å². The summed E-state index contributed by atoms with van der Waals surface area (Å²) in [6.45, 7) is 0. The van der Waals surface area contributed by atoms with Crippen molar-refractivity contribution in [2.45, 2.75) is 24.7 Å². The van der Waals surface area contributed by atoms with Crippen LogP contribution in [0.5, 0.6) is 0 Å². The first-order valence-electron chi connectivity index (χ1n) is 5.39. The monoisotopic (exact) mass is 225 g/mol. The Labute approximate surface area is 99.7 Å². The van der Waals surface area contributed by atoms with Crippen molar-refractivity contribution in [1.82, 2.24) is 0 Å². The number of carbonyl (C=O) groups is 1. The molecular weight excluding hydrogens is 214 g/mol. The van der Waals surface area contributed by atoms with Crippen LogP contribution in [-0.2, 0) is 10.2 Å². The first kappa shape index (κ1) is 11.2. The Morgan fingerprint density at radius 3 is 2.47 bits per heavy atom. The molecule has 3 nitrogen and oxygen atoms in total. The molecule has 0 saturated heterocycles. The van der Waals surface area contributed by atoms with E-state index in [0.717, 1.165) is 11.1 Å². The predicted molar refractivity (Wildman–Crippen MR) is 62.1 cm³/mol. The summed E-state index contributed by atoms with van der Waals surface area (Å²) in [5.41, 5.74) is 1.000. The average Bonchev–Trinajstić information content (AvgIpc) is 3.11. The molecule has 0 bridgehead atoms. The summed E-state index contributed by atoms with van der Waals surface area (Å²) in [6, 6.07) is 9.20. The summed E-state index contributed by atoms with van der Waals surface area (Å²) >= 11 is 0. The zero-order valence-electron chi connectivity index (χ0n) is 9.23. The van der Waals surface area contributed by atoms with Gasteiger partial charge in [-0.25, -0.2) is 0 Å². The SMILES string of the molecule is N#CCC#Cc1ccc(C2(C(=O)O)CC2)cc1. The van der Waals surface area contributed by atoms with Gasteiger partial charge in [0.05, 0.1) is 17.9 Å². The van der Waals surface area contributed by atoms with Crippen LogP contribution in [0.3, 0.4) is 0 Å². The number of nitriles is 1. The van der Waals surface area contributed by atoms with Gasteiger partial charge < -0.3 is 5.11 Å². The van der Waals surface area contributed by atoms with E-state index in [-0.39, 0.29) is 6.42 Å². The smallest absolute Gasteiger partial charge is 0.314 e. The van der Waals surface area contributed by atoms with E-state index in [9.17, 15) is 4.79 Å². The minimum atomic E-state index is -0.749. The van der Waals surface area contributed by atoms with Crippen molar-refractivity contribution >= 4 is 5.97 Å². The first-order chi connectivity index (χ1) is 8.19. The molecule has 0 atom stereocenters. The van der Waals surface area contributed by atoms with Crippen LogP contribution < -0.4 is 0 Å². The minimum Gasteiger partial charge on any atom is -0.481 e. The van der Waals surface area contributed by atoms with Gasteiger partial charge in [-0.2, -0.15) is 5.26 Å². The van der Waals surface area contributed by atoms with Gasteiger partial charge >= 0.3 is 5.97 Å². The van der Waals surface area contributed by atoms with E-state index in [1.54, 1.807) is 0 Å². The highest BCUT2D eigenvalue weighted by molar-refractivity contribution is 5.84. The van der Waals surface area contributed by atoms with Gasteiger partial charge in [-0.05, 0) is 30.5 Å². The predicted octanol–water partition coefficient (Wildman–Crippen LogP) is 2.07.